The van der Waals surface area contributed by atoms with Crippen molar-refractivity contribution in [2.75, 3.05) is 13.6 Å². The molecule has 0 radical (unpaired) electrons. The smallest absolute Gasteiger partial charge is 0.311 e. The molecule has 4 heteroatoms. The summed E-state index contributed by atoms with van der Waals surface area (Å²) < 4.78 is 0. The summed E-state index contributed by atoms with van der Waals surface area (Å²) in [7, 11) is 2.03. The zero-order chi connectivity index (χ0) is 14.8. The number of aromatic nitrogens is 1. The normalized spacial score (nSPS) is 28.3. The predicted octanol–water partition coefficient (Wildman–Crippen LogP) is 2.51. The Bertz CT molecular complexity index is 789. The third kappa shape index (κ3) is 1.56. The molecule has 2 unspecified atom stereocenters. The van der Waals surface area contributed by atoms with Crippen LogP contribution in [0.3, 0.4) is 0 Å². The van der Waals surface area contributed by atoms with Crippen molar-refractivity contribution in [3.05, 3.63) is 41.6 Å². The molecule has 1 aliphatic heterocycles. The summed E-state index contributed by atoms with van der Waals surface area (Å²) in [5, 5.41) is 10.7. The Morgan fingerprint density at radius 3 is 3.05 bits per heavy atom. The molecule has 0 bridgehead atoms. The zero-order valence-corrected chi connectivity index (χ0v) is 12.2. The van der Waals surface area contributed by atoms with Crippen LogP contribution in [0, 0.1) is 5.92 Å². The first-order valence-corrected chi connectivity index (χ1v) is 7.26. The number of aromatic amines is 1. The van der Waals surface area contributed by atoms with Gasteiger partial charge in [0.2, 0.25) is 0 Å². The molecule has 2 atom stereocenters. The fourth-order valence-electron chi connectivity index (χ4n) is 3.89. The van der Waals surface area contributed by atoms with Crippen LogP contribution in [0.25, 0.3) is 16.5 Å². The lowest BCUT2D eigenvalue weighted by molar-refractivity contribution is -0.141. The fourth-order valence-corrected chi connectivity index (χ4v) is 3.89. The number of nitrogens with zero attached hydrogens (tertiary/aromatic N) is 1. The van der Waals surface area contributed by atoms with Gasteiger partial charge in [-0.1, -0.05) is 18.2 Å². The number of carboxylic acids is 1. The van der Waals surface area contributed by atoms with Gasteiger partial charge in [0.15, 0.2) is 0 Å². The summed E-state index contributed by atoms with van der Waals surface area (Å²) >= 11 is 0. The first-order chi connectivity index (χ1) is 10.0. The quantitative estimate of drug-likeness (QED) is 0.845. The first kappa shape index (κ1) is 12.7. The lowest BCUT2D eigenvalue weighted by Gasteiger charge is -2.47. The van der Waals surface area contributed by atoms with Crippen LogP contribution >= 0.6 is 0 Å². The molecule has 2 aromatic rings. The second-order valence-corrected chi connectivity index (χ2v) is 6.40. The summed E-state index contributed by atoms with van der Waals surface area (Å²) in [5.41, 5.74) is 4.65. The maximum atomic E-state index is 11.4. The van der Waals surface area contributed by atoms with Gasteiger partial charge in [-0.05, 0) is 43.2 Å². The summed E-state index contributed by atoms with van der Waals surface area (Å²) in [6.45, 7) is 2.77. The average Bonchev–Trinajstić information content (AvgIpc) is 2.85. The Morgan fingerprint density at radius 2 is 2.29 bits per heavy atom. The molecule has 2 N–H and O–H groups in total. The van der Waals surface area contributed by atoms with Crippen molar-refractivity contribution < 1.29 is 9.90 Å². The van der Waals surface area contributed by atoms with Gasteiger partial charge in [0.25, 0.3) is 0 Å². The third-order valence-electron chi connectivity index (χ3n) is 5.19. The zero-order valence-electron chi connectivity index (χ0n) is 12.2. The molecule has 4 nitrogen and oxygen atoms in total. The second-order valence-electron chi connectivity index (χ2n) is 6.40. The molecule has 0 fully saturated rings. The van der Waals surface area contributed by atoms with Gasteiger partial charge in [-0.2, -0.15) is 0 Å². The van der Waals surface area contributed by atoms with E-state index in [0.717, 1.165) is 17.5 Å². The molecule has 4 rings (SSSR count). The van der Waals surface area contributed by atoms with Gasteiger partial charge < -0.3 is 10.1 Å². The lowest BCUT2D eigenvalue weighted by Crippen LogP contribution is -2.53. The number of likely N-dealkylation sites (N-methyl/N-ethyl adjacent to an activating group) is 1. The number of hydrogen-bond acceptors (Lipinski definition) is 2. The van der Waals surface area contributed by atoms with Gasteiger partial charge in [0, 0.05) is 29.2 Å². The van der Waals surface area contributed by atoms with E-state index in [9.17, 15) is 9.90 Å². The van der Waals surface area contributed by atoms with Gasteiger partial charge in [-0.3, -0.25) is 9.69 Å². The average molecular weight is 282 g/mol. The van der Waals surface area contributed by atoms with Crippen LogP contribution in [0.1, 0.15) is 18.1 Å². The van der Waals surface area contributed by atoms with Crippen molar-refractivity contribution >= 4 is 22.4 Å². The van der Waals surface area contributed by atoms with E-state index in [2.05, 4.69) is 35.1 Å². The van der Waals surface area contributed by atoms with E-state index in [0.29, 0.717) is 6.54 Å². The largest absolute Gasteiger partial charge is 0.481 e. The maximum Gasteiger partial charge on any atom is 0.311 e. The Kier molecular flexibility index (Phi) is 2.40. The third-order valence-corrected chi connectivity index (χ3v) is 5.19. The van der Waals surface area contributed by atoms with E-state index in [4.69, 9.17) is 0 Å². The number of rotatable bonds is 1. The second kappa shape index (κ2) is 3.98. The maximum absolute atomic E-state index is 11.4. The summed E-state index contributed by atoms with van der Waals surface area (Å²) in [6.07, 6.45) is 4.97. The lowest BCUT2D eigenvalue weighted by atomic mass is 9.71. The molecule has 21 heavy (non-hydrogen) atoms. The van der Waals surface area contributed by atoms with Gasteiger partial charge in [-0.25, -0.2) is 0 Å². The highest BCUT2D eigenvalue weighted by Gasteiger charge is 2.43. The minimum absolute atomic E-state index is 0.130. The van der Waals surface area contributed by atoms with Crippen molar-refractivity contribution in [2.24, 2.45) is 5.92 Å². The number of benzene rings is 1. The van der Waals surface area contributed by atoms with E-state index in [-0.39, 0.29) is 5.54 Å². The van der Waals surface area contributed by atoms with E-state index in [1.54, 1.807) is 0 Å². The molecule has 1 aliphatic carbocycles. The molecule has 0 amide bonds. The highest BCUT2D eigenvalue weighted by molar-refractivity contribution is 6.00. The number of carboxylic acid groups (broad SMARTS) is 1. The SMILES string of the molecule is CN1CC(C(=O)O)C=C2c3cccc4[nH]cc(c34)CC21C. The fraction of sp³-hybridized carbons (Fsp3) is 0.353. The van der Waals surface area contributed by atoms with Crippen LogP contribution in [0.4, 0.5) is 0 Å². The molecule has 2 heterocycles. The van der Waals surface area contributed by atoms with Crippen molar-refractivity contribution in [3.63, 3.8) is 0 Å². The molecule has 1 aromatic carbocycles. The minimum Gasteiger partial charge on any atom is -0.481 e. The molecule has 0 saturated heterocycles. The Labute approximate surface area is 123 Å². The Morgan fingerprint density at radius 1 is 1.48 bits per heavy atom. The summed E-state index contributed by atoms with van der Waals surface area (Å²) in [4.78, 5) is 17.0. The van der Waals surface area contributed by atoms with Crippen LogP contribution in [0.15, 0.2) is 30.5 Å². The molecule has 1 aromatic heterocycles. The van der Waals surface area contributed by atoms with Crippen LogP contribution in [0.2, 0.25) is 0 Å². The van der Waals surface area contributed by atoms with Crippen LogP contribution < -0.4 is 0 Å². The summed E-state index contributed by atoms with van der Waals surface area (Å²) in [6, 6.07) is 6.22. The van der Waals surface area contributed by atoms with Gasteiger partial charge in [-0.15, -0.1) is 0 Å². The number of hydrogen-bond donors (Lipinski definition) is 2. The minimum atomic E-state index is -0.747. The van der Waals surface area contributed by atoms with Crippen molar-refractivity contribution in [3.8, 4) is 0 Å². The number of carbonyl (C=O) groups is 1. The highest BCUT2D eigenvalue weighted by atomic mass is 16.4. The Hall–Kier alpha value is -2.07. The number of fused-ring (bicyclic) bond motifs is 2. The van der Waals surface area contributed by atoms with Crippen LogP contribution in [-0.2, 0) is 11.2 Å². The van der Waals surface area contributed by atoms with E-state index in [1.165, 1.54) is 16.5 Å². The van der Waals surface area contributed by atoms with E-state index in [1.807, 2.05) is 19.2 Å². The molecule has 0 spiro atoms. The summed E-state index contributed by atoms with van der Waals surface area (Å²) in [5.74, 6) is -1.18. The van der Waals surface area contributed by atoms with Gasteiger partial charge >= 0.3 is 5.97 Å². The number of H-pyrrole nitrogens is 1. The molecule has 0 saturated carbocycles. The van der Waals surface area contributed by atoms with E-state index < -0.39 is 11.9 Å². The van der Waals surface area contributed by atoms with Crippen molar-refractivity contribution in [1.29, 1.82) is 0 Å². The molecular formula is C17H18N2O2. The number of aliphatic carboxylic acids is 1. The van der Waals surface area contributed by atoms with Crippen LogP contribution in [0.5, 0.6) is 0 Å². The van der Waals surface area contributed by atoms with Gasteiger partial charge in [0.1, 0.15) is 0 Å². The molecule has 108 valence electrons. The number of nitrogens with one attached hydrogen (secondary N) is 1. The Balaban J connectivity index is 2.02. The van der Waals surface area contributed by atoms with E-state index >= 15 is 0 Å². The monoisotopic (exact) mass is 282 g/mol. The topological polar surface area (TPSA) is 56.3 Å². The van der Waals surface area contributed by atoms with Crippen LogP contribution in [-0.4, -0.2) is 40.1 Å². The first-order valence-electron chi connectivity index (χ1n) is 7.26. The molecule has 2 aliphatic rings. The van der Waals surface area contributed by atoms with Crippen molar-refractivity contribution in [2.45, 2.75) is 18.9 Å². The predicted molar refractivity (Wildman–Crippen MR) is 82.1 cm³/mol. The van der Waals surface area contributed by atoms with Crippen molar-refractivity contribution in [1.82, 2.24) is 9.88 Å². The standard InChI is InChI=1S/C17H18N2O2/c1-17-7-11-8-18-14-5-3-4-12(15(11)14)13(17)6-10(16(20)21)9-19(17)2/h3-6,8,10,18H,7,9H2,1-2H3,(H,20,21). The molecular weight excluding hydrogens is 264 g/mol. The highest BCUT2D eigenvalue weighted by Crippen LogP contribution is 2.46. The van der Waals surface area contributed by atoms with Gasteiger partial charge in [0.05, 0.1) is 5.92 Å².